The maximum Gasteiger partial charge on any atom is 0.217 e. The zero-order valence-electron chi connectivity index (χ0n) is 40.6. The molecule has 0 aromatic carbocycles. The third-order valence-corrected chi connectivity index (χ3v) is 12.3. The van der Waals surface area contributed by atoms with Crippen molar-refractivity contribution in [1.29, 1.82) is 0 Å². The van der Waals surface area contributed by atoms with Crippen LogP contribution in [0.25, 0.3) is 0 Å². The van der Waals surface area contributed by atoms with Gasteiger partial charge in [-0.3, -0.25) is 9.59 Å². The zero-order chi connectivity index (χ0) is 52.9. The van der Waals surface area contributed by atoms with E-state index in [1.165, 1.54) is 49.5 Å². The molecule has 31 heteroatoms. The molecule has 4 fully saturated rings. The van der Waals surface area contributed by atoms with Crippen LogP contribution in [-0.4, -0.2) is 269 Å². The van der Waals surface area contributed by atoms with Crippen molar-refractivity contribution in [2.24, 2.45) is 0 Å². The third kappa shape index (κ3) is 15.3. The number of carbonyl (C=O) groups is 2. The van der Waals surface area contributed by atoms with Gasteiger partial charge in [-0.1, -0.05) is 10.4 Å². The SMILES string of the molecule is CC(=O)N[C@@H]1[C@@H](O)[C@H](O[C@@H]2O[C@@H](C)[C@@H](O)[C@@H](O)[C@@H]2O)[C@@H](CO)O[C@H]1n1cc(COCCOCCOCCOCCOCc2cn([C@@H]3O[C@H](CO)[C@@H](O[C@@H]4O[C@@H](C)[C@@H](O)[C@@H](O)[C@@H]4O)[C@H](O)[C@H]3NC(C)=O)nn2)nn1. The van der Waals surface area contributed by atoms with E-state index in [-0.39, 0.29) is 66.1 Å². The van der Waals surface area contributed by atoms with Crippen molar-refractivity contribution in [3.8, 4) is 0 Å². The molecule has 6 heterocycles. The Morgan fingerprint density at radius 2 is 0.863 bits per heavy atom. The molecular weight excluding hydrogens is 984 g/mol. The van der Waals surface area contributed by atoms with E-state index in [4.69, 9.17) is 52.1 Å². The molecule has 0 unspecified atom stereocenters. The van der Waals surface area contributed by atoms with Crippen LogP contribution in [0, 0.1) is 0 Å². The molecule has 4 aliphatic heterocycles. The maximum absolute atomic E-state index is 12.2. The molecule has 2 aromatic heterocycles. The molecule has 73 heavy (non-hydrogen) atoms. The summed E-state index contributed by atoms with van der Waals surface area (Å²) >= 11 is 0. The second kappa shape index (κ2) is 28.0. The van der Waals surface area contributed by atoms with Crippen molar-refractivity contribution in [2.45, 2.75) is 163 Å². The Hall–Kier alpha value is -3.62. The van der Waals surface area contributed by atoms with E-state index in [2.05, 4.69) is 31.3 Å². The molecular formula is C42H70N8O23. The van der Waals surface area contributed by atoms with Gasteiger partial charge in [0.25, 0.3) is 0 Å². The van der Waals surface area contributed by atoms with Crippen LogP contribution in [0.3, 0.4) is 0 Å². The summed E-state index contributed by atoms with van der Waals surface area (Å²) in [4.78, 5) is 24.3. The van der Waals surface area contributed by atoms with Crippen LogP contribution in [0.4, 0.5) is 0 Å². The average Bonchev–Trinajstić information content (AvgIpc) is 4.04. The van der Waals surface area contributed by atoms with E-state index in [1.54, 1.807) is 0 Å². The van der Waals surface area contributed by atoms with Gasteiger partial charge >= 0.3 is 0 Å². The van der Waals surface area contributed by atoms with E-state index in [1.807, 2.05) is 0 Å². The molecule has 0 aliphatic carbocycles. The lowest BCUT2D eigenvalue weighted by Gasteiger charge is -2.47. The van der Waals surface area contributed by atoms with Gasteiger partial charge in [0.15, 0.2) is 25.0 Å². The minimum Gasteiger partial charge on any atom is -0.394 e. The van der Waals surface area contributed by atoms with Crippen LogP contribution < -0.4 is 10.6 Å². The highest BCUT2D eigenvalue weighted by Crippen LogP contribution is 2.35. The Morgan fingerprint density at radius 1 is 0.521 bits per heavy atom. The summed E-state index contributed by atoms with van der Waals surface area (Å²) in [7, 11) is 0. The van der Waals surface area contributed by atoms with E-state index in [9.17, 15) is 60.7 Å². The number of hydrogen-bond acceptors (Lipinski definition) is 27. The highest BCUT2D eigenvalue weighted by Gasteiger charge is 2.53. The normalized spacial score (nSPS) is 37.0. The van der Waals surface area contributed by atoms with Gasteiger partial charge in [0.2, 0.25) is 11.8 Å². The van der Waals surface area contributed by atoms with Gasteiger partial charge in [0, 0.05) is 13.8 Å². The van der Waals surface area contributed by atoms with Crippen LogP contribution in [0.5, 0.6) is 0 Å². The van der Waals surface area contributed by atoms with Gasteiger partial charge in [-0.25, -0.2) is 9.36 Å². The summed E-state index contributed by atoms with van der Waals surface area (Å²) in [6.07, 6.45) is -21.9. The molecule has 0 saturated carbocycles. The number of carbonyl (C=O) groups excluding carboxylic acids is 2. The average molecular weight is 1060 g/mol. The predicted octanol–water partition coefficient (Wildman–Crippen LogP) is -7.41. The maximum atomic E-state index is 12.2. The Bertz CT molecular complexity index is 1840. The highest BCUT2D eigenvalue weighted by atomic mass is 16.7. The predicted molar refractivity (Wildman–Crippen MR) is 235 cm³/mol. The van der Waals surface area contributed by atoms with Crippen molar-refractivity contribution >= 4 is 11.8 Å². The summed E-state index contributed by atoms with van der Waals surface area (Å²) in [5.41, 5.74) is 0.751. The van der Waals surface area contributed by atoms with Crippen LogP contribution in [0.1, 0.15) is 51.5 Å². The molecule has 4 aliphatic rings. The van der Waals surface area contributed by atoms with E-state index in [0.29, 0.717) is 11.4 Å². The summed E-state index contributed by atoms with van der Waals surface area (Å²) in [5.74, 6) is -1.05. The molecule has 0 radical (unpaired) electrons. The summed E-state index contributed by atoms with van der Waals surface area (Å²) < 4.78 is 65.0. The van der Waals surface area contributed by atoms with E-state index >= 15 is 0 Å². The molecule has 2 aromatic rings. The fourth-order valence-electron chi connectivity index (χ4n) is 8.44. The van der Waals surface area contributed by atoms with Crippen LogP contribution in [-0.2, 0) is 74.9 Å². The minimum absolute atomic E-state index is 0.0232. The quantitative estimate of drug-likeness (QED) is 0.0389. The molecule has 31 nitrogen and oxygen atoms in total. The number of nitrogens with one attached hydrogen (secondary N) is 2. The van der Waals surface area contributed by atoms with Gasteiger partial charge in [-0.15, -0.1) is 10.2 Å². The van der Waals surface area contributed by atoms with Gasteiger partial charge in [0.05, 0.1) is 104 Å². The fourth-order valence-corrected chi connectivity index (χ4v) is 8.44. The largest absolute Gasteiger partial charge is 0.394 e. The number of hydrogen-bond donors (Lipinski definition) is 12. The lowest BCUT2D eigenvalue weighted by molar-refractivity contribution is -0.335. The first-order valence-corrected chi connectivity index (χ1v) is 23.8. The van der Waals surface area contributed by atoms with Crippen molar-refractivity contribution < 1.29 is 113 Å². The smallest absolute Gasteiger partial charge is 0.217 e. The van der Waals surface area contributed by atoms with Gasteiger partial charge in [0.1, 0.15) is 96.7 Å². The number of ether oxygens (including phenoxy) is 11. The number of amides is 2. The summed E-state index contributed by atoms with van der Waals surface area (Å²) in [5, 5.41) is 126. The Labute approximate surface area is 418 Å². The Morgan fingerprint density at radius 3 is 1.19 bits per heavy atom. The van der Waals surface area contributed by atoms with Crippen molar-refractivity contribution in [2.75, 3.05) is 66.1 Å². The first-order valence-electron chi connectivity index (χ1n) is 23.8. The topological polar surface area (TPSA) is 423 Å². The summed E-state index contributed by atoms with van der Waals surface area (Å²) in [6, 6.07) is -2.36. The van der Waals surface area contributed by atoms with Gasteiger partial charge in [-0.2, -0.15) is 0 Å². The molecule has 0 spiro atoms. The molecule has 4 saturated heterocycles. The molecule has 20 atom stereocenters. The van der Waals surface area contributed by atoms with Gasteiger partial charge < -0.3 is 114 Å². The molecule has 2 amide bonds. The fraction of sp³-hybridized carbons (Fsp3) is 0.857. The number of rotatable bonds is 26. The van der Waals surface area contributed by atoms with Crippen molar-refractivity contribution in [3.05, 3.63) is 23.8 Å². The molecule has 12 N–H and O–H groups in total. The summed E-state index contributed by atoms with van der Waals surface area (Å²) in [6.45, 7) is 6.09. The van der Waals surface area contributed by atoms with Crippen molar-refractivity contribution in [1.82, 2.24) is 40.6 Å². The van der Waals surface area contributed by atoms with Crippen LogP contribution >= 0.6 is 0 Å². The van der Waals surface area contributed by atoms with Gasteiger partial charge in [-0.05, 0) is 13.8 Å². The molecule has 0 bridgehead atoms. The number of aromatic nitrogens is 6. The lowest BCUT2D eigenvalue weighted by Crippen LogP contribution is -2.65. The zero-order valence-corrected chi connectivity index (χ0v) is 40.6. The van der Waals surface area contributed by atoms with Crippen molar-refractivity contribution in [3.63, 3.8) is 0 Å². The minimum atomic E-state index is -1.69. The first kappa shape index (κ1) is 58.6. The lowest BCUT2D eigenvalue weighted by atomic mass is 9.94. The standard InChI is InChI=1S/C42H70N8O23/c1-19-29(55)33(59)35(61)41(68-19)72-37-25(15-51)70-39(27(31(37)57)43-21(3)53)49-13-23(45-47-49)17-66-11-9-64-7-5-63-6-8-65-10-12-67-18-24-14-50(48-46-24)40-28(44-22(4)54)32(58)38(26(16-52)71-40)73-42-36(62)34(60)30(56)20(2)69-42/h13-14,19-20,25-42,51-52,55-62H,5-12,15-18H2,1-4H3,(H,43,53)(H,44,54)/t19-,20-,25+,26+,27+,28+,29+,30+,31+,32+,33+,34+,35-,36-,37+,38+,39+,40+,41-,42-/m0/s1. The van der Waals surface area contributed by atoms with Crippen LogP contribution in [0.15, 0.2) is 12.4 Å². The second-order valence-corrected chi connectivity index (χ2v) is 17.8. The monoisotopic (exact) mass is 1050 g/mol. The highest BCUT2D eigenvalue weighted by molar-refractivity contribution is 5.73. The molecule has 6 rings (SSSR count). The first-order chi connectivity index (χ1) is 34.9. The molecule has 416 valence electrons. The van der Waals surface area contributed by atoms with E-state index in [0.717, 1.165) is 0 Å². The van der Waals surface area contributed by atoms with Crippen LogP contribution in [0.2, 0.25) is 0 Å². The van der Waals surface area contributed by atoms with E-state index < -0.39 is 148 Å². The second-order valence-electron chi connectivity index (χ2n) is 17.8. The third-order valence-electron chi connectivity index (χ3n) is 12.3. The Balaban J connectivity index is 0.827. The number of nitrogens with zero attached hydrogens (tertiary/aromatic N) is 6. The Kier molecular flexibility index (Phi) is 22.5. The number of aliphatic hydroxyl groups excluding tert-OH is 10. The number of aliphatic hydroxyl groups is 10.